The first-order valence-corrected chi connectivity index (χ1v) is 10.1. The second-order valence-electron chi connectivity index (χ2n) is 7.28. The van der Waals surface area contributed by atoms with E-state index in [1.165, 1.54) is 6.07 Å². The van der Waals surface area contributed by atoms with E-state index in [9.17, 15) is 14.7 Å². The molecule has 2 heterocycles. The Balaban J connectivity index is 1.37. The number of rotatable bonds is 6. The summed E-state index contributed by atoms with van der Waals surface area (Å²) < 4.78 is 5.31. The van der Waals surface area contributed by atoms with Crippen molar-refractivity contribution in [1.29, 1.82) is 0 Å². The molecule has 0 unspecified atom stereocenters. The molecule has 2 aromatic heterocycles. The number of carbonyl (C=O) groups excluding carboxylic acids is 1. The first kappa shape index (κ1) is 20.0. The lowest BCUT2D eigenvalue weighted by Crippen LogP contribution is -2.26. The summed E-state index contributed by atoms with van der Waals surface area (Å²) in [6.45, 7) is 2.31. The molecule has 2 aromatic carbocycles. The third-order valence-corrected chi connectivity index (χ3v) is 5.55. The zero-order valence-corrected chi connectivity index (χ0v) is 17.2. The van der Waals surface area contributed by atoms with Crippen molar-refractivity contribution in [1.82, 2.24) is 10.3 Å². The number of hydrogen-bond donors (Lipinski definition) is 3. The number of nitrogens with one attached hydrogen (secondary N) is 2. The Morgan fingerprint density at radius 1 is 1.17 bits per heavy atom. The molecule has 0 bridgehead atoms. The van der Waals surface area contributed by atoms with Gasteiger partial charge in [-0.05, 0) is 61.2 Å². The number of H-pyrrole nitrogens is 1. The van der Waals surface area contributed by atoms with Gasteiger partial charge >= 0.3 is 5.63 Å². The Labute approximate surface area is 177 Å². The summed E-state index contributed by atoms with van der Waals surface area (Å²) in [6, 6.07) is 10.3. The van der Waals surface area contributed by atoms with Crippen molar-refractivity contribution in [3.05, 3.63) is 74.7 Å². The molecular weight excluding hydrogens is 404 g/mol. The number of phenolic OH excluding ortho intramolecular Hbond substituents is 1. The van der Waals surface area contributed by atoms with E-state index in [1.807, 2.05) is 31.3 Å². The van der Waals surface area contributed by atoms with Crippen LogP contribution in [0.2, 0.25) is 5.02 Å². The Hall–Kier alpha value is -3.25. The van der Waals surface area contributed by atoms with Crippen LogP contribution in [0.1, 0.15) is 23.1 Å². The predicted octanol–water partition coefficient (Wildman–Crippen LogP) is 4.23. The van der Waals surface area contributed by atoms with E-state index in [-0.39, 0.29) is 18.1 Å². The number of amides is 1. The third-order valence-electron chi connectivity index (χ3n) is 5.32. The molecule has 0 spiro atoms. The van der Waals surface area contributed by atoms with Crippen molar-refractivity contribution in [2.45, 2.75) is 26.2 Å². The molecule has 0 fully saturated rings. The number of benzene rings is 2. The molecule has 0 aliphatic heterocycles. The predicted molar refractivity (Wildman–Crippen MR) is 117 cm³/mol. The van der Waals surface area contributed by atoms with Crippen LogP contribution in [0.25, 0.3) is 21.9 Å². The summed E-state index contributed by atoms with van der Waals surface area (Å²) in [5.74, 6) is -0.0906. The Morgan fingerprint density at radius 2 is 2.00 bits per heavy atom. The Kier molecular flexibility index (Phi) is 5.50. The van der Waals surface area contributed by atoms with Crippen LogP contribution in [-0.4, -0.2) is 22.5 Å². The van der Waals surface area contributed by atoms with Gasteiger partial charge in [-0.25, -0.2) is 4.79 Å². The van der Waals surface area contributed by atoms with Crippen LogP contribution in [0, 0.1) is 6.92 Å². The number of fused-ring (bicyclic) bond motifs is 2. The maximum Gasteiger partial charge on any atom is 0.339 e. The van der Waals surface area contributed by atoms with Gasteiger partial charge in [-0.2, -0.15) is 0 Å². The summed E-state index contributed by atoms with van der Waals surface area (Å²) >= 11 is 6.07. The van der Waals surface area contributed by atoms with E-state index in [2.05, 4.69) is 10.3 Å². The van der Waals surface area contributed by atoms with Gasteiger partial charge in [-0.15, -0.1) is 0 Å². The number of aryl methyl sites for hydroxylation is 1. The van der Waals surface area contributed by atoms with Crippen molar-refractivity contribution in [3.8, 4) is 5.75 Å². The van der Waals surface area contributed by atoms with E-state index < -0.39 is 5.63 Å². The molecule has 0 saturated heterocycles. The van der Waals surface area contributed by atoms with Crippen molar-refractivity contribution < 1.29 is 14.3 Å². The highest BCUT2D eigenvalue weighted by atomic mass is 35.5. The largest absolute Gasteiger partial charge is 0.508 e. The Bertz CT molecular complexity index is 1310. The number of phenols is 1. The fourth-order valence-electron chi connectivity index (χ4n) is 3.69. The standard InChI is InChI=1S/C23H21ClN2O4/c1-13-17-4-3-16(27)11-21(17)30-23(29)18(13)5-7-22(28)25-9-8-14-12-26-20-6-2-15(24)10-19(14)20/h2-4,6,10-12,26-27H,5,7-9H2,1H3,(H,25,28). The number of hydrogen-bond acceptors (Lipinski definition) is 4. The lowest BCUT2D eigenvalue weighted by Gasteiger charge is -2.08. The van der Waals surface area contributed by atoms with Crippen LogP contribution in [0.3, 0.4) is 0 Å². The van der Waals surface area contributed by atoms with Crippen LogP contribution in [0.4, 0.5) is 0 Å². The summed E-state index contributed by atoms with van der Waals surface area (Å²) in [4.78, 5) is 27.8. The smallest absolute Gasteiger partial charge is 0.339 e. The first-order chi connectivity index (χ1) is 14.4. The minimum atomic E-state index is -0.478. The van der Waals surface area contributed by atoms with E-state index in [0.29, 0.717) is 35.6 Å². The van der Waals surface area contributed by atoms with Gasteiger partial charge in [0.2, 0.25) is 5.91 Å². The molecule has 6 nitrogen and oxygen atoms in total. The molecule has 3 N–H and O–H groups in total. The van der Waals surface area contributed by atoms with Gasteiger partial charge in [0.05, 0.1) is 0 Å². The van der Waals surface area contributed by atoms with E-state index >= 15 is 0 Å². The summed E-state index contributed by atoms with van der Waals surface area (Å²) in [5.41, 5.74) is 3.20. The summed E-state index contributed by atoms with van der Waals surface area (Å²) in [6.07, 6.45) is 3.08. The molecule has 0 saturated carbocycles. The highest BCUT2D eigenvalue weighted by Crippen LogP contribution is 2.24. The molecule has 30 heavy (non-hydrogen) atoms. The number of aromatic hydroxyl groups is 1. The van der Waals surface area contributed by atoms with Gasteiger partial charge < -0.3 is 19.8 Å². The average Bonchev–Trinajstić information content (AvgIpc) is 3.09. The molecule has 154 valence electrons. The van der Waals surface area contributed by atoms with Gasteiger partial charge in [-0.3, -0.25) is 4.79 Å². The summed E-state index contributed by atoms with van der Waals surface area (Å²) in [5, 5.41) is 14.9. The van der Waals surface area contributed by atoms with E-state index in [1.54, 1.807) is 12.1 Å². The Morgan fingerprint density at radius 3 is 2.83 bits per heavy atom. The van der Waals surface area contributed by atoms with Crippen LogP contribution in [0.5, 0.6) is 5.75 Å². The highest BCUT2D eigenvalue weighted by Gasteiger charge is 2.13. The third kappa shape index (κ3) is 4.04. The SMILES string of the molecule is Cc1c(CCC(=O)NCCc2c[nH]c3ccc(Cl)cc23)c(=O)oc2cc(O)ccc12. The molecule has 4 aromatic rings. The quantitative estimate of drug-likeness (QED) is 0.403. The number of aromatic amines is 1. The number of carbonyl (C=O) groups is 1. The van der Waals surface area contributed by atoms with E-state index in [0.717, 1.165) is 27.4 Å². The molecule has 0 atom stereocenters. The van der Waals surface area contributed by atoms with Crippen molar-refractivity contribution in [2.24, 2.45) is 0 Å². The minimum absolute atomic E-state index is 0.0367. The lowest BCUT2D eigenvalue weighted by atomic mass is 10.0. The zero-order valence-electron chi connectivity index (χ0n) is 16.4. The molecule has 0 aliphatic rings. The molecule has 4 rings (SSSR count). The zero-order chi connectivity index (χ0) is 21.3. The van der Waals surface area contributed by atoms with E-state index in [4.69, 9.17) is 16.0 Å². The molecule has 0 aliphatic carbocycles. The fraction of sp³-hybridized carbons (Fsp3) is 0.217. The van der Waals surface area contributed by atoms with Gasteiger partial charge in [-0.1, -0.05) is 11.6 Å². The maximum absolute atomic E-state index is 12.3. The topological polar surface area (TPSA) is 95.3 Å². The average molecular weight is 425 g/mol. The van der Waals surface area contributed by atoms with Crippen LogP contribution < -0.4 is 10.9 Å². The molecule has 1 amide bonds. The van der Waals surface area contributed by atoms with Crippen LogP contribution >= 0.6 is 11.6 Å². The van der Waals surface area contributed by atoms with Crippen LogP contribution in [-0.2, 0) is 17.6 Å². The molecule has 7 heteroatoms. The van der Waals surface area contributed by atoms with Gasteiger partial charge in [0.25, 0.3) is 0 Å². The van der Waals surface area contributed by atoms with Crippen LogP contribution in [0.15, 0.2) is 51.8 Å². The van der Waals surface area contributed by atoms with Gasteiger partial charge in [0.1, 0.15) is 11.3 Å². The normalized spacial score (nSPS) is 11.3. The monoisotopic (exact) mass is 424 g/mol. The second-order valence-corrected chi connectivity index (χ2v) is 7.71. The van der Waals surface area contributed by atoms with Gasteiger partial charge in [0.15, 0.2) is 0 Å². The first-order valence-electron chi connectivity index (χ1n) is 9.70. The second kappa shape index (κ2) is 8.24. The molecule has 0 radical (unpaired) electrons. The number of halogens is 1. The maximum atomic E-state index is 12.3. The van der Waals surface area contributed by atoms with Crippen molar-refractivity contribution in [3.63, 3.8) is 0 Å². The lowest BCUT2D eigenvalue weighted by molar-refractivity contribution is -0.121. The number of aromatic nitrogens is 1. The minimum Gasteiger partial charge on any atom is -0.508 e. The summed E-state index contributed by atoms with van der Waals surface area (Å²) in [7, 11) is 0. The van der Waals surface area contributed by atoms with Crippen molar-refractivity contribution >= 4 is 39.4 Å². The van der Waals surface area contributed by atoms with Crippen molar-refractivity contribution in [2.75, 3.05) is 6.54 Å². The fourth-order valence-corrected chi connectivity index (χ4v) is 3.87. The highest BCUT2D eigenvalue weighted by molar-refractivity contribution is 6.31. The molecular formula is C23H21ClN2O4. The van der Waals surface area contributed by atoms with Gasteiger partial charge in [0, 0.05) is 52.1 Å².